The van der Waals surface area contributed by atoms with Crippen molar-refractivity contribution in [2.24, 2.45) is 5.41 Å². The number of likely N-dealkylation sites (tertiary alicyclic amines) is 2. The zero-order chi connectivity index (χ0) is 38.1. The minimum absolute atomic E-state index is 0.0332. The number of benzene rings is 3. The number of rotatable bonds is 10. The predicted molar refractivity (Wildman–Crippen MR) is 174 cm³/mol. The number of hydrogen-bond acceptors (Lipinski definition) is 5. The van der Waals surface area contributed by atoms with E-state index in [-0.39, 0.29) is 12.3 Å². The van der Waals surface area contributed by atoms with Gasteiger partial charge in [-0.1, -0.05) is 42.8 Å². The van der Waals surface area contributed by atoms with Gasteiger partial charge in [-0.2, -0.15) is 39.5 Å². The Balaban J connectivity index is 1.50. The highest BCUT2D eigenvalue weighted by molar-refractivity contribution is 6.01. The second-order valence-electron chi connectivity index (χ2n) is 13.4. The van der Waals surface area contributed by atoms with E-state index in [1.807, 2.05) is 5.32 Å². The Labute approximate surface area is 293 Å². The van der Waals surface area contributed by atoms with Gasteiger partial charge in [-0.15, -0.1) is 0 Å². The van der Waals surface area contributed by atoms with Crippen molar-refractivity contribution in [1.82, 2.24) is 15.1 Å². The van der Waals surface area contributed by atoms with Crippen molar-refractivity contribution in [3.63, 3.8) is 0 Å². The fraction of sp³-hybridized carbons (Fsp3) is 0.500. The number of carboxylic acid groups (broad SMARTS) is 1. The van der Waals surface area contributed by atoms with Gasteiger partial charge < -0.3 is 15.2 Å². The van der Waals surface area contributed by atoms with Crippen LogP contribution in [0.3, 0.4) is 0 Å². The van der Waals surface area contributed by atoms with Gasteiger partial charge in [-0.25, -0.2) is 4.79 Å². The van der Waals surface area contributed by atoms with Gasteiger partial charge in [0, 0.05) is 18.5 Å². The number of nitrogens with zero attached hydrogens (tertiary/aromatic N) is 2. The molecule has 2 aliphatic heterocycles. The summed E-state index contributed by atoms with van der Waals surface area (Å²) in [5, 5.41) is 13.0. The van der Waals surface area contributed by atoms with E-state index in [0.29, 0.717) is 46.1 Å². The van der Waals surface area contributed by atoms with E-state index >= 15 is 0 Å². The molecule has 284 valence electrons. The van der Waals surface area contributed by atoms with Gasteiger partial charge >= 0.3 is 24.5 Å². The number of aliphatic carboxylic acids is 1. The Morgan fingerprint density at radius 1 is 0.846 bits per heavy atom. The van der Waals surface area contributed by atoms with Crippen LogP contribution >= 0.6 is 0 Å². The van der Waals surface area contributed by atoms with Crippen LogP contribution in [-0.4, -0.2) is 85.0 Å². The highest BCUT2D eigenvalue weighted by Crippen LogP contribution is 2.47. The SMILES string of the molecule is COc1cc(C(F)(F)F)cc(CN2CCCCC2)c1-c1cccc2c(C[C@H](NC(=O)C3(C(F)(F)F)CCN(CC(F)(F)F)CC3)C(=O)O)cccc12. The van der Waals surface area contributed by atoms with Crippen LogP contribution in [0.5, 0.6) is 5.75 Å². The molecule has 5 rings (SSSR count). The molecular weight excluding hydrogens is 709 g/mol. The van der Waals surface area contributed by atoms with E-state index < -0.39 is 86.3 Å². The predicted octanol–water partition coefficient (Wildman–Crippen LogP) is 7.84. The number of hydrogen-bond donors (Lipinski definition) is 2. The quantitative estimate of drug-likeness (QED) is 0.206. The highest BCUT2D eigenvalue weighted by Gasteiger charge is 2.61. The number of amides is 1. The summed E-state index contributed by atoms with van der Waals surface area (Å²) in [5.41, 5.74) is -2.43. The average Bonchev–Trinajstić information content (AvgIpc) is 3.06. The first-order valence-electron chi connectivity index (χ1n) is 16.7. The summed E-state index contributed by atoms with van der Waals surface area (Å²) in [4.78, 5) is 28.5. The van der Waals surface area contributed by atoms with E-state index in [1.54, 1.807) is 30.3 Å². The molecule has 0 saturated carbocycles. The van der Waals surface area contributed by atoms with Gasteiger partial charge in [-0.05, 0) is 91.5 Å². The summed E-state index contributed by atoms with van der Waals surface area (Å²) in [6.07, 6.45) is -14.1. The second kappa shape index (κ2) is 15.1. The van der Waals surface area contributed by atoms with Crippen molar-refractivity contribution >= 4 is 22.6 Å². The van der Waals surface area contributed by atoms with Crippen molar-refractivity contribution in [3.05, 3.63) is 65.2 Å². The molecule has 2 fully saturated rings. The number of carbonyl (C=O) groups is 2. The first-order valence-corrected chi connectivity index (χ1v) is 16.7. The molecule has 0 radical (unpaired) electrons. The normalized spacial score (nSPS) is 18.3. The lowest BCUT2D eigenvalue weighted by Crippen LogP contribution is -2.59. The van der Waals surface area contributed by atoms with Crippen molar-refractivity contribution in [1.29, 1.82) is 0 Å². The van der Waals surface area contributed by atoms with Crippen LogP contribution in [0.4, 0.5) is 39.5 Å². The van der Waals surface area contributed by atoms with Gasteiger partial charge in [-0.3, -0.25) is 14.6 Å². The average molecular weight is 748 g/mol. The summed E-state index contributed by atoms with van der Waals surface area (Å²) in [6, 6.07) is 9.85. The molecule has 0 aliphatic carbocycles. The number of carbonyl (C=O) groups excluding carboxylic acids is 1. The molecule has 52 heavy (non-hydrogen) atoms. The summed E-state index contributed by atoms with van der Waals surface area (Å²) >= 11 is 0. The smallest absolute Gasteiger partial charge is 0.416 e. The third-order valence-corrected chi connectivity index (χ3v) is 9.97. The first-order chi connectivity index (χ1) is 24.3. The zero-order valence-corrected chi connectivity index (χ0v) is 28.1. The molecule has 0 aromatic heterocycles. The number of fused-ring (bicyclic) bond motifs is 1. The maximum Gasteiger partial charge on any atom is 0.416 e. The van der Waals surface area contributed by atoms with E-state index in [2.05, 4.69) is 4.90 Å². The molecule has 3 aromatic rings. The summed E-state index contributed by atoms with van der Waals surface area (Å²) in [6.45, 7) is -1.20. The van der Waals surface area contributed by atoms with Crippen molar-refractivity contribution in [2.75, 3.05) is 39.8 Å². The fourth-order valence-electron chi connectivity index (χ4n) is 7.26. The van der Waals surface area contributed by atoms with Crippen LogP contribution in [0.1, 0.15) is 48.8 Å². The van der Waals surface area contributed by atoms with Gasteiger partial charge in [0.15, 0.2) is 0 Å². The van der Waals surface area contributed by atoms with Crippen LogP contribution < -0.4 is 10.1 Å². The number of piperidine rings is 2. The Morgan fingerprint density at radius 3 is 2.06 bits per heavy atom. The molecule has 1 amide bonds. The van der Waals surface area contributed by atoms with E-state index in [4.69, 9.17) is 4.74 Å². The Kier molecular flexibility index (Phi) is 11.4. The topological polar surface area (TPSA) is 82.1 Å². The molecule has 2 saturated heterocycles. The molecule has 0 unspecified atom stereocenters. The zero-order valence-electron chi connectivity index (χ0n) is 28.1. The Hall–Kier alpha value is -4.05. The Morgan fingerprint density at radius 2 is 1.48 bits per heavy atom. The highest BCUT2D eigenvalue weighted by atomic mass is 19.4. The number of alkyl halides is 9. The van der Waals surface area contributed by atoms with Gasteiger partial charge in [0.05, 0.1) is 19.2 Å². The van der Waals surface area contributed by atoms with Crippen molar-refractivity contribution < 1.29 is 58.9 Å². The molecule has 0 spiro atoms. The molecular formula is C36H38F9N3O4. The third kappa shape index (κ3) is 8.59. The molecule has 3 aromatic carbocycles. The number of halogens is 9. The largest absolute Gasteiger partial charge is 0.496 e. The summed E-state index contributed by atoms with van der Waals surface area (Å²) in [7, 11) is 1.26. The number of methoxy groups -OCH3 is 1. The minimum atomic E-state index is -5.18. The van der Waals surface area contributed by atoms with E-state index in [1.165, 1.54) is 13.2 Å². The van der Waals surface area contributed by atoms with Crippen molar-refractivity contribution in [2.45, 2.75) is 69.6 Å². The standard InChI is InChI=1S/C36H38F9N3O4/c1-52-29-19-24(35(40,41)42)17-23(20-47-13-3-2-4-14-47)30(29)27-10-6-8-25-22(7-5-9-26(25)27)18-28(31(49)50)46-32(51)33(36(43,44)45)11-15-48(16-12-33)21-34(37,38)39/h5-10,17,19,28H,2-4,11-16,18,20-21H2,1H3,(H,46,51)(H,49,50)/t28-/m0/s1. The van der Waals surface area contributed by atoms with Crippen molar-refractivity contribution in [3.8, 4) is 16.9 Å². The van der Waals surface area contributed by atoms with Crippen LogP contribution in [0.25, 0.3) is 21.9 Å². The van der Waals surface area contributed by atoms with Crippen LogP contribution in [0.2, 0.25) is 0 Å². The Bertz CT molecular complexity index is 1760. The first kappa shape index (κ1) is 39.2. The lowest BCUT2D eigenvalue weighted by Gasteiger charge is -2.42. The fourth-order valence-corrected chi connectivity index (χ4v) is 7.26. The minimum Gasteiger partial charge on any atom is -0.496 e. The molecule has 0 bridgehead atoms. The third-order valence-electron chi connectivity index (χ3n) is 9.97. The molecule has 2 aliphatic rings. The lowest BCUT2D eigenvalue weighted by atomic mass is 9.76. The van der Waals surface area contributed by atoms with Crippen LogP contribution in [0.15, 0.2) is 48.5 Å². The van der Waals surface area contributed by atoms with Gasteiger partial charge in [0.2, 0.25) is 5.91 Å². The number of ether oxygens (including phenoxy) is 1. The summed E-state index contributed by atoms with van der Waals surface area (Å²) < 4.78 is 129. The monoisotopic (exact) mass is 747 g/mol. The van der Waals surface area contributed by atoms with E-state index in [0.717, 1.165) is 36.3 Å². The second-order valence-corrected chi connectivity index (χ2v) is 13.4. The van der Waals surface area contributed by atoms with Crippen LogP contribution in [-0.2, 0) is 28.7 Å². The number of nitrogens with one attached hydrogen (secondary N) is 1. The van der Waals surface area contributed by atoms with Gasteiger partial charge in [0.25, 0.3) is 0 Å². The maximum absolute atomic E-state index is 14.4. The maximum atomic E-state index is 14.4. The van der Waals surface area contributed by atoms with Gasteiger partial charge in [0.1, 0.15) is 17.2 Å². The summed E-state index contributed by atoms with van der Waals surface area (Å²) in [5.74, 6) is -3.31. The molecule has 1 atom stereocenters. The lowest BCUT2D eigenvalue weighted by molar-refractivity contribution is -0.236. The number of carboxylic acids is 1. The molecule has 2 heterocycles. The van der Waals surface area contributed by atoms with Crippen LogP contribution in [0, 0.1) is 5.41 Å². The molecule has 7 nitrogen and oxygen atoms in total. The molecule has 16 heteroatoms. The van der Waals surface area contributed by atoms with E-state index in [9.17, 15) is 54.2 Å². The molecule has 2 N–H and O–H groups in total.